The number of hydrogen-bond donors (Lipinski definition) is 1. The van der Waals surface area contributed by atoms with Gasteiger partial charge in [-0.1, -0.05) is 25.5 Å². The van der Waals surface area contributed by atoms with E-state index in [9.17, 15) is 9.18 Å². The van der Waals surface area contributed by atoms with Crippen LogP contribution in [-0.2, 0) is 11.2 Å². The molecule has 1 aromatic rings. The van der Waals surface area contributed by atoms with E-state index in [0.717, 1.165) is 18.4 Å². The van der Waals surface area contributed by atoms with E-state index in [-0.39, 0.29) is 17.8 Å². The predicted molar refractivity (Wildman–Crippen MR) is 67.2 cm³/mol. The topological polar surface area (TPSA) is 29.1 Å². The summed E-state index contributed by atoms with van der Waals surface area (Å²) < 4.78 is 12.7. The van der Waals surface area contributed by atoms with E-state index in [1.807, 2.05) is 6.92 Å². The van der Waals surface area contributed by atoms with Gasteiger partial charge in [0.1, 0.15) is 5.82 Å². The largest absolute Gasteiger partial charge is 0.354 e. The molecule has 1 rings (SSSR count). The summed E-state index contributed by atoms with van der Waals surface area (Å²) in [7, 11) is 0. The zero-order chi connectivity index (χ0) is 12.7. The van der Waals surface area contributed by atoms with Crippen molar-refractivity contribution in [3.8, 4) is 0 Å². The van der Waals surface area contributed by atoms with Crippen molar-refractivity contribution in [1.82, 2.24) is 5.32 Å². The normalized spacial score (nSPS) is 12.2. The number of amides is 1. The average Bonchev–Trinajstić information content (AvgIpc) is 2.28. The summed E-state index contributed by atoms with van der Waals surface area (Å²) in [6, 6.07) is 6.52. The maximum atomic E-state index is 12.7. The Hall–Kier alpha value is -1.38. The highest BCUT2D eigenvalue weighted by Gasteiger charge is 2.06. The first kappa shape index (κ1) is 13.7. The van der Waals surface area contributed by atoms with Gasteiger partial charge >= 0.3 is 0 Å². The van der Waals surface area contributed by atoms with Gasteiger partial charge in [0, 0.05) is 12.5 Å². The molecule has 0 unspecified atom stereocenters. The van der Waals surface area contributed by atoms with Crippen molar-refractivity contribution in [2.75, 3.05) is 0 Å². The standard InChI is InChI=1S/C14H20FNO/c1-3-4-11(2)16-14(17)10-7-12-5-8-13(15)9-6-12/h5-6,8-9,11H,3-4,7,10H2,1-2H3,(H,16,17)/t11-/m0/s1. The summed E-state index contributed by atoms with van der Waals surface area (Å²) in [6.07, 6.45) is 3.19. The molecule has 0 spiro atoms. The van der Waals surface area contributed by atoms with E-state index in [1.165, 1.54) is 12.1 Å². The van der Waals surface area contributed by atoms with Crippen molar-refractivity contribution < 1.29 is 9.18 Å². The molecule has 3 heteroatoms. The Balaban J connectivity index is 2.30. The minimum absolute atomic E-state index is 0.0651. The summed E-state index contributed by atoms with van der Waals surface area (Å²) in [5, 5.41) is 2.95. The third-order valence-corrected chi connectivity index (χ3v) is 2.68. The summed E-state index contributed by atoms with van der Waals surface area (Å²) >= 11 is 0. The fraction of sp³-hybridized carbons (Fsp3) is 0.500. The van der Waals surface area contributed by atoms with Gasteiger partial charge in [-0.25, -0.2) is 4.39 Å². The van der Waals surface area contributed by atoms with Crippen LogP contribution in [0, 0.1) is 5.82 Å². The van der Waals surface area contributed by atoms with Crippen LogP contribution >= 0.6 is 0 Å². The second-order valence-electron chi connectivity index (χ2n) is 4.38. The molecule has 1 amide bonds. The van der Waals surface area contributed by atoms with Gasteiger partial charge in [-0.2, -0.15) is 0 Å². The van der Waals surface area contributed by atoms with Gasteiger partial charge in [-0.15, -0.1) is 0 Å². The first-order chi connectivity index (χ1) is 8.11. The molecule has 0 radical (unpaired) electrons. The highest BCUT2D eigenvalue weighted by Crippen LogP contribution is 2.05. The van der Waals surface area contributed by atoms with Gasteiger partial charge in [0.2, 0.25) is 5.91 Å². The maximum Gasteiger partial charge on any atom is 0.220 e. The van der Waals surface area contributed by atoms with Gasteiger partial charge < -0.3 is 5.32 Å². The Labute approximate surface area is 102 Å². The zero-order valence-electron chi connectivity index (χ0n) is 10.5. The van der Waals surface area contributed by atoms with Crippen molar-refractivity contribution in [1.29, 1.82) is 0 Å². The van der Waals surface area contributed by atoms with E-state index in [1.54, 1.807) is 12.1 Å². The Kier molecular flexibility index (Phi) is 5.67. The number of carbonyl (C=O) groups is 1. The number of rotatable bonds is 6. The molecule has 0 heterocycles. The molecule has 1 N–H and O–H groups in total. The van der Waals surface area contributed by atoms with Crippen molar-refractivity contribution in [2.24, 2.45) is 0 Å². The SMILES string of the molecule is CCC[C@H](C)NC(=O)CCc1ccc(F)cc1. The minimum atomic E-state index is -0.241. The molecule has 0 aromatic heterocycles. The van der Waals surface area contributed by atoms with Crippen molar-refractivity contribution >= 4 is 5.91 Å². The number of aryl methyl sites for hydroxylation is 1. The van der Waals surface area contributed by atoms with E-state index in [4.69, 9.17) is 0 Å². The van der Waals surface area contributed by atoms with Crippen LogP contribution in [0.15, 0.2) is 24.3 Å². The lowest BCUT2D eigenvalue weighted by Gasteiger charge is -2.12. The number of carbonyl (C=O) groups excluding carboxylic acids is 1. The summed E-state index contributed by atoms with van der Waals surface area (Å²) in [5.41, 5.74) is 0.990. The Morgan fingerprint density at radius 1 is 1.35 bits per heavy atom. The smallest absolute Gasteiger partial charge is 0.220 e. The molecule has 17 heavy (non-hydrogen) atoms. The fourth-order valence-electron chi connectivity index (χ4n) is 1.76. The quantitative estimate of drug-likeness (QED) is 0.809. The molecule has 0 aliphatic carbocycles. The van der Waals surface area contributed by atoms with Crippen LogP contribution in [0.1, 0.15) is 38.7 Å². The van der Waals surface area contributed by atoms with Crippen molar-refractivity contribution in [3.05, 3.63) is 35.6 Å². The van der Waals surface area contributed by atoms with Gasteiger partial charge in [-0.05, 0) is 37.5 Å². The molecule has 1 aromatic carbocycles. The molecule has 0 saturated carbocycles. The molecule has 1 atom stereocenters. The van der Waals surface area contributed by atoms with E-state index >= 15 is 0 Å². The van der Waals surface area contributed by atoms with Crippen molar-refractivity contribution in [2.45, 2.75) is 45.6 Å². The molecule has 0 saturated heterocycles. The highest BCUT2D eigenvalue weighted by atomic mass is 19.1. The van der Waals surface area contributed by atoms with Crippen LogP contribution in [0.4, 0.5) is 4.39 Å². The molecule has 0 bridgehead atoms. The summed E-state index contributed by atoms with van der Waals surface area (Å²) in [4.78, 5) is 11.6. The molecule has 0 aliphatic rings. The zero-order valence-corrected chi connectivity index (χ0v) is 10.5. The van der Waals surface area contributed by atoms with Gasteiger partial charge in [-0.3, -0.25) is 4.79 Å². The number of benzene rings is 1. The number of nitrogens with one attached hydrogen (secondary N) is 1. The average molecular weight is 237 g/mol. The maximum absolute atomic E-state index is 12.7. The molecule has 0 fully saturated rings. The molecule has 0 aliphatic heterocycles. The van der Waals surface area contributed by atoms with Crippen LogP contribution < -0.4 is 5.32 Å². The Morgan fingerprint density at radius 2 is 2.00 bits per heavy atom. The van der Waals surface area contributed by atoms with E-state index in [0.29, 0.717) is 12.8 Å². The lowest BCUT2D eigenvalue weighted by molar-refractivity contribution is -0.121. The van der Waals surface area contributed by atoms with E-state index < -0.39 is 0 Å². The third-order valence-electron chi connectivity index (χ3n) is 2.68. The second kappa shape index (κ2) is 7.05. The lowest BCUT2D eigenvalue weighted by atomic mass is 10.1. The van der Waals surface area contributed by atoms with Crippen LogP contribution in [0.2, 0.25) is 0 Å². The Morgan fingerprint density at radius 3 is 2.59 bits per heavy atom. The van der Waals surface area contributed by atoms with Gasteiger partial charge in [0.05, 0.1) is 0 Å². The third kappa shape index (κ3) is 5.48. The number of halogens is 1. The predicted octanol–water partition coefficient (Wildman–Crippen LogP) is 3.06. The summed E-state index contributed by atoms with van der Waals surface area (Å²) in [5.74, 6) is -0.176. The van der Waals surface area contributed by atoms with Gasteiger partial charge in [0.25, 0.3) is 0 Å². The Bertz CT molecular complexity index is 348. The minimum Gasteiger partial charge on any atom is -0.354 e. The van der Waals surface area contributed by atoms with E-state index in [2.05, 4.69) is 12.2 Å². The van der Waals surface area contributed by atoms with Crippen LogP contribution in [0.25, 0.3) is 0 Å². The summed E-state index contributed by atoms with van der Waals surface area (Å²) in [6.45, 7) is 4.11. The number of hydrogen-bond acceptors (Lipinski definition) is 1. The highest BCUT2D eigenvalue weighted by molar-refractivity contribution is 5.76. The second-order valence-corrected chi connectivity index (χ2v) is 4.38. The molecule has 94 valence electrons. The van der Waals surface area contributed by atoms with Crippen LogP contribution in [0.5, 0.6) is 0 Å². The lowest BCUT2D eigenvalue weighted by Crippen LogP contribution is -2.32. The molecule has 2 nitrogen and oxygen atoms in total. The monoisotopic (exact) mass is 237 g/mol. The molecular weight excluding hydrogens is 217 g/mol. The van der Waals surface area contributed by atoms with Gasteiger partial charge in [0.15, 0.2) is 0 Å². The fourth-order valence-corrected chi connectivity index (χ4v) is 1.76. The first-order valence-corrected chi connectivity index (χ1v) is 6.15. The first-order valence-electron chi connectivity index (χ1n) is 6.15. The van der Waals surface area contributed by atoms with Crippen LogP contribution in [-0.4, -0.2) is 11.9 Å². The van der Waals surface area contributed by atoms with Crippen LogP contribution in [0.3, 0.4) is 0 Å². The van der Waals surface area contributed by atoms with Crippen molar-refractivity contribution in [3.63, 3.8) is 0 Å². The molecular formula is C14H20FNO.